The maximum atomic E-state index is 9.87. The van der Waals surface area contributed by atoms with Crippen molar-refractivity contribution in [3.8, 4) is 34.4 Å². The van der Waals surface area contributed by atoms with E-state index in [2.05, 4.69) is 11.4 Å². The van der Waals surface area contributed by atoms with Crippen LogP contribution in [0.2, 0.25) is 0 Å². The summed E-state index contributed by atoms with van der Waals surface area (Å²) in [5.74, 6) is 1.97. The molecule has 1 saturated carbocycles. The highest BCUT2D eigenvalue weighted by molar-refractivity contribution is 5.72. The topological polar surface area (TPSA) is 83.7 Å². The molecule has 0 amide bonds. The summed E-state index contributed by atoms with van der Waals surface area (Å²) in [4.78, 5) is 0. The third kappa shape index (κ3) is 5.94. The second kappa shape index (κ2) is 11.7. The summed E-state index contributed by atoms with van der Waals surface area (Å²) in [6.45, 7) is 0.850. The van der Waals surface area contributed by atoms with Crippen molar-refractivity contribution in [1.29, 1.82) is 5.26 Å². The predicted molar refractivity (Wildman–Crippen MR) is 136 cm³/mol. The third-order valence-electron chi connectivity index (χ3n) is 6.59. The van der Waals surface area contributed by atoms with Crippen molar-refractivity contribution in [3.05, 3.63) is 77.4 Å². The lowest BCUT2D eigenvalue weighted by atomic mass is 9.93. The summed E-state index contributed by atoms with van der Waals surface area (Å²) in [6, 6.07) is 22.1. The number of nitriles is 1. The Kier molecular flexibility index (Phi) is 8.25. The lowest BCUT2D eigenvalue weighted by Gasteiger charge is -2.27. The van der Waals surface area contributed by atoms with Crippen molar-refractivity contribution in [1.82, 2.24) is 5.32 Å². The summed E-state index contributed by atoms with van der Waals surface area (Å²) < 4.78 is 17.4. The number of hydrogen-bond donors (Lipinski definition) is 2. The van der Waals surface area contributed by atoms with Crippen molar-refractivity contribution in [2.75, 3.05) is 14.2 Å². The van der Waals surface area contributed by atoms with Gasteiger partial charge >= 0.3 is 0 Å². The molecule has 4 rings (SSSR count). The number of rotatable bonds is 9. The SMILES string of the molecule is COc1cc(OCc2cccc(-c3ccccc3)c2C#N)cc(OC)c1CNC1CCC(O)CC1. The molecular weight excluding hydrogens is 440 g/mol. The van der Waals surface area contributed by atoms with Crippen LogP contribution in [0.5, 0.6) is 17.2 Å². The number of ether oxygens (including phenoxy) is 3. The molecule has 0 aromatic heterocycles. The van der Waals surface area contributed by atoms with Gasteiger partial charge in [0.15, 0.2) is 0 Å². The third-order valence-corrected chi connectivity index (χ3v) is 6.59. The predicted octanol–water partition coefficient (Wildman–Crippen LogP) is 5.21. The molecule has 2 N–H and O–H groups in total. The van der Waals surface area contributed by atoms with Crippen molar-refractivity contribution in [2.24, 2.45) is 0 Å². The van der Waals surface area contributed by atoms with E-state index in [-0.39, 0.29) is 12.7 Å². The van der Waals surface area contributed by atoms with E-state index in [9.17, 15) is 10.4 Å². The van der Waals surface area contributed by atoms with Gasteiger partial charge in [0.25, 0.3) is 0 Å². The van der Waals surface area contributed by atoms with Gasteiger partial charge in [-0.1, -0.05) is 48.5 Å². The first-order chi connectivity index (χ1) is 17.1. The first-order valence-corrected chi connectivity index (χ1v) is 12.0. The fourth-order valence-corrected chi connectivity index (χ4v) is 4.62. The summed E-state index contributed by atoms with van der Waals surface area (Å²) in [5.41, 5.74) is 4.24. The van der Waals surface area contributed by atoms with Gasteiger partial charge in [0, 0.05) is 30.3 Å². The zero-order valence-corrected chi connectivity index (χ0v) is 20.3. The largest absolute Gasteiger partial charge is 0.496 e. The molecule has 6 nitrogen and oxygen atoms in total. The van der Waals surface area contributed by atoms with E-state index in [4.69, 9.17) is 14.2 Å². The Morgan fingerprint density at radius 3 is 2.26 bits per heavy atom. The molecule has 182 valence electrons. The smallest absolute Gasteiger partial charge is 0.130 e. The van der Waals surface area contributed by atoms with Crippen LogP contribution in [0.25, 0.3) is 11.1 Å². The van der Waals surface area contributed by atoms with E-state index in [0.717, 1.165) is 47.9 Å². The standard InChI is InChI=1S/C29H32N2O4/c1-33-28-15-24(16-29(34-2)27(28)18-31-22-11-13-23(32)14-12-22)35-19-21-9-6-10-25(26(21)17-30)20-7-4-3-5-8-20/h3-10,15-16,22-23,31-32H,11-14,18-19H2,1-2H3. The van der Waals surface area contributed by atoms with Gasteiger partial charge in [-0.3, -0.25) is 0 Å². The number of nitrogens with one attached hydrogen (secondary N) is 1. The van der Waals surface area contributed by atoms with Gasteiger partial charge in [-0.25, -0.2) is 0 Å². The molecule has 1 aliphatic carbocycles. The fourth-order valence-electron chi connectivity index (χ4n) is 4.62. The van der Waals surface area contributed by atoms with Crippen molar-refractivity contribution in [3.63, 3.8) is 0 Å². The minimum Gasteiger partial charge on any atom is -0.496 e. The van der Waals surface area contributed by atoms with E-state index >= 15 is 0 Å². The van der Waals surface area contributed by atoms with E-state index < -0.39 is 0 Å². The molecule has 0 bridgehead atoms. The first-order valence-electron chi connectivity index (χ1n) is 12.0. The van der Waals surface area contributed by atoms with Crippen LogP contribution in [0, 0.1) is 11.3 Å². The molecule has 0 spiro atoms. The molecule has 1 fully saturated rings. The van der Waals surface area contributed by atoms with Crippen LogP contribution in [0.4, 0.5) is 0 Å². The highest BCUT2D eigenvalue weighted by Gasteiger charge is 2.21. The van der Waals surface area contributed by atoms with E-state index in [1.165, 1.54) is 0 Å². The van der Waals surface area contributed by atoms with Crippen LogP contribution >= 0.6 is 0 Å². The normalized spacial score (nSPS) is 17.4. The minimum absolute atomic E-state index is 0.177. The molecule has 0 saturated heterocycles. The maximum Gasteiger partial charge on any atom is 0.130 e. The van der Waals surface area contributed by atoms with Gasteiger partial charge < -0.3 is 24.6 Å². The lowest BCUT2D eigenvalue weighted by molar-refractivity contribution is 0.116. The van der Waals surface area contributed by atoms with Crippen molar-refractivity contribution >= 4 is 0 Å². The molecule has 0 aliphatic heterocycles. The minimum atomic E-state index is -0.177. The van der Waals surface area contributed by atoms with Crippen LogP contribution in [0.1, 0.15) is 42.4 Å². The Balaban J connectivity index is 1.51. The fraction of sp³-hybridized carbons (Fsp3) is 0.345. The lowest BCUT2D eigenvalue weighted by Crippen LogP contribution is -2.34. The molecule has 6 heteroatoms. The molecule has 0 unspecified atom stereocenters. The van der Waals surface area contributed by atoms with Gasteiger partial charge in [-0.05, 0) is 36.8 Å². The van der Waals surface area contributed by atoms with E-state index in [1.807, 2.05) is 60.7 Å². The van der Waals surface area contributed by atoms with E-state index in [1.54, 1.807) is 14.2 Å². The summed E-state index contributed by atoms with van der Waals surface area (Å²) in [6.07, 6.45) is 3.39. The number of benzene rings is 3. The quantitative estimate of drug-likeness (QED) is 0.445. The Morgan fingerprint density at radius 1 is 0.943 bits per heavy atom. The van der Waals surface area contributed by atoms with Gasteiger partial charge in [0.1, 0.15) is 29.9 Å². The molecule has 3 aromatic carbocycles. The molecule has 35 heavy (non-hydrogen) atoms. The molecule has 0 heterocycles. The van der Waals surface area contributed by atoms with Gasteiger partial charge in [-0.15, -0.1) is 0 Å². The highest BCUT2D eigenvalue weighted by atomic mass is 16.5. The van der Waals surface area contributed by atoms with Crippen LogP contribution < -0.4 is 19.5 Å². The molecule has 1 aliphatic rings. The van der Waals surface area contributed by atoms with Crippen molar-refractivity contribution in [2.45, 2.75) is 51.0 Å². The molecule has 0 atom stereocenters. The maximum absolute atomic E-state index is 9.87. The second-order valence-corrected chi connectivity index (χ2v) is 8.80. The van der Waals surface area contributed by atoms with E-state index in [0.29, 0.717) is 35.4 Å². The molecular formula is C29H32N2O4. The monoisotopic (exact) mass is 472 g/mol. The first kappa shape index (κ1) is 24.6. The zero-order chi connectivity index (χ0) is 24.6. The van der Waals surface area contributed by atoms with Crippen LogP contribution in [0.3, 0.4) is 0 Å². The number of hydrogen-bond acceptors (Lipinski definition) is 6. The van der Waals surface area contributed by atoms with Gasteiger partial charge in [0.2, 0.25) is 0 Å². The Hall–Kier alpha value is -3.53. The number of aliphatic hydroxyl groups is 1. The molecule has 0 radical (unpaired) electrons. The van der Waals surface area contributed by atoms with Crippen LogP contribution in [-0.4, -0.2) is 31.5 Å². The Labute approximate surface area is 207 Å². The second-order valence-electron chi connectivity index (χ2n) is 8.80. The summed E-state index contributed by atoms with van der Waals surface area (Å²) >= 11 is 0. The average Bonchev–Trinajstić information content (AvgIpc) is 2.91. The van der Waals surface area contributed by atoms with Gasteiger partial charge in [-0.2, -0.15) is 5.26 Å². The van der Waals surface area contributed by atoms with Crippen molar-refractivity contribution < 1.29 is 19.3 Å². The summed E-state index contributed by atoms with van der Waals surface area (Å²) in [7, 11) is 3.27. The Morgan fingerprint density at radius 2 is 1.63 bits per heavy atom. The highest BCUT2D eigenvalue weighted by Crippen LogP contribution is 2.35. The van der Waals surface area contributed by atoms with Crippen LogP contribution in [-0.2, 0) is 13.2 Å². The average molecular weight is 473 g/mol. The Bertz CT molecular complexity index is 1140. The number of nitrogens with zero attached hydrogens (tertiary/aromatic N) is 1. The summed E-state index contributed by atoms with van der Waals surface area (Å²) in [5, 5.41) is 23.2. The zero-order valence-electron chi connectivity index (χ0n) is 20.3. The van der Waals surface area contributed by atoms with Gasteiger partial charge in [0.05, 0.1) is 31.5 Å². The number of aliphatic hydroxyl groups excluding tert-OH is 1. The van der Waals surface area contributed by atoms with Crippen LogP contribution in [0.15, 0.2) is 60.7 Å². The number of methoxy groups -OCH3 is 2. The molecule has 3 aromatic rings.